The second kappa shape index (κ2) is 8.57. The topological polar surface area (TPSA) is 74.6 Å². The first-order valence-electron chi connectivity index (χ1n) is 7.99. The van der Waals surface area contributed by atoms with Crippen molar-refractivity contribution in [3.8, 4) is 0 Å². The maximum atomic E-state index is 11.5. The van der Waals surface area contributed by atoms with Crippen molar-refractivity contribution in [2.45, 2.75) is 59.3 Å². The molecule has 22 heavy (non-hydrogen) atoms. The van der Waals surface area contributed by atoms with Gasteiger partial charge in [-0.25, -0.2) is 9.59 Å². The lowest BCUT2D eigenvalue weighted by molar-refractivity contribution is 0.0650. The van der Waals surface area contributed by atoms with Gasteiger partial charge < -0.3 is 10.2 Å². The minimum Gasteiger partial charge on any atom is -0.478 e. The Kier molecular flexibility index (Phi) is 7.09. The van der Waals surface area contributed by atoms with Crippen LogP contribution in [0.2, 0.25) is 0 Å². The molecule has 1 rings (SSSR count). The number of rotatable bonds is 9. The van der Waals surface area contributed by atoms with E-state index >= 15 is 0 Å². The molecular weight excluding hydrogens is 280 g/mol. The largest absolute Gasteiger partial charge is 0.478 e. The van der Waals surface area contributed by atoms with Crippen LogP contribution in [0.1, 0.15) is 78.3 Å². The third-order valence-electron chi connectivity index (χ3n) is 3.94. The van der Waals surface area contributed by atoms with Crippen LogP contribution >= 0.6 is 0 Å². The number of carbonyl (C=O) groups is 2. The highest BCUT2D eigenvalue weighted by atomic mass is 16.4. The van der Waals surface area contributed by atoms with Gasteiger partial charge in [0.15, 0.2) is 0 Å². The smallest absolute Gasteiger partial charge is 0.336 e. The highest BCUT2D eigenvalue weighted by Crippen LogP contribution is 2.23. The lowest BCUT2D eigenvalue weighted by Crippen LogP contribution is -2.13. The molecule has 0 spiro atoms. The van der Waals surface area contributed by atoms with E-state index in [1.54, 1.807) is 6.07 Å². The summed E-state index contributed by atoms with van der Waals surface area (Å²) in [5.74, 6) is -1.65. The predicted molar refractivity (Wildman–Crippen MR) is 86.7 cm³/mol. The summed E-state index contributed by atoms with van der Waals surface area (Å²) in [7, 11) is 0. The summed E-state index contributed by atoms with van der Waals surface area (Å²) in [4.78, 5) is 22.8. The monoisotopic (exact) mass is 306 g/mol. The molecule has 4 nitrogen and oxygen atoms in total. The molecule has 122 valence electrons. The van der Waals surface area contributed by atoms with E-state index < -0.39 is 11.9 Å². The molecule has 2 N–H and O–H groups in total. The van der Waals surface area contributed by atoms with E-state index in [1.807, 2.05) is 6.92 Å². The van der Waals surface area contributed by atoms with Crippen LogP contribution < -0.4 is 0 Å². The van der Waals surface area contributed by atoms with Gasteiger partial charge in [-0.15, -0.1) is 0 Å². The molecule has 0 fully saturated rings. The van der Waals surface area contributed by atoms with Crippen LogP contribution in [-0.2, 0) is 12.8 Å². The summed E-state index contributed by atoms with van der Waals surface area (Å²) < 4.78 is 0. The molecule has 0 aliphatic carbocycles. The molecule has 0 atom stereocenters. The Morgan fingerprint density at radius 1 is 1.05 bits per heavy atom. The average Bonchev–Trinajstić information content (AvgIpc) is 2.45. The van der Waals surface area contributed by atoms with Gasteiger partial charge in [-0.3, -0.25) is 0 Å². The number of aryl methyl sites for hydroxylation is 1. The van der Waals surface area contributed by atoms with Crippen LogP contribution in [0.4, 0.5) is 0 Å². The van der Waals surface area contributed by atoms with E-state index in [2.05, 4.69) is 13.8 Å². The zero-order valence-corrected chi connectivity index (χ0v) is 13.7. The lowest BCUT2D eigenvalue weighted by atomic mass is 9.90. The number of hydrogen-bond acceptors (Lipinski definition) is 2. The van der Waals surface area contributed by atoms with Gasteiger partial charge in [0, 0.05) is 0 Å². The van der Waals surface area contributed by atoms with Crippen molar-refractivity contribution >= 4 is 11.9 Å². The quantitative estimate of drug-likeness (QED) is 0.663. The van der Waals surface area contributed by atoms with E-state index in [1.165, 1.54) is 12.5 Å². The van der Waals surface area contributed by atoms with Crippen molar-refractivity contribution in [3.63, 3.8) is 0 Å². The molecule has 0 unspecified atom stereocenters. The van der Waals surface area contributed by atoms with Crippen molar-refractivity contribution in [3.05, 3.63) is 34.4 Å². The average molecular weight is 306 g/mol. The fourth-order valence-electron chi connectivity index (χ4n) is 2.76. The zero-order valence-electron chi connectivity index (χ0n) is 13.7. The Morgan fingerprint density at radius 3 is 2.23 bits per heavy atom. The van der Waals surface area contributed by atoms with E-state index in [9.17, 15) is 19.8 Å². The first-order valence-corrected chi connectivity index (χ1v) is 7.99. The van der Waals surface area contributed by atoms with Gasteiger partial charge in [0.25, 0.3) is 0 Å². The van der Waals surface area contributed by atoms with Gasteiger partial charge in [0.2, 0.25) is 0 Å². The Morgan fingerprint density at radius 2 is 1.73 bits per heavy atom. The molecule has 4 heteroatoms. The molecule has 0 saturated heterocycles. The summed E-state index contributed by atoms with van der Waals surface area (Å²) >= 11 is 0. The maximum absolute atomic E-state index is 11.5. The number of benzene rings is 1. The molecule has 1 aromatic carbocycles. The number of hydrogen-bond donors (Lipinski definition) is 2. The molecule has 1 aromatic rings. The predicted octanol–water partition coefficient (Wildman–Crippen LogP) is 4.40. The Bertz CT molecular complexity index is 532. The van der Waals surface area contributed by atoms with Gasteiger partial charge in [0.05, 0.1) is 11.1 Å². The normalized spacial score (nSPS) is 10.9. The third kappa shape index (κ3) is 4.86. The van der Waals surface area contributed by atoms with Crippen LogP contribution in [0.5, 0.6) is 0 Å². The molecule has 0 amide bonds. The highest BCUT2D eigenvalue weighted by Gasteiger charge is 2.21. The molecule has 0 heterocycles. The Labute approximate surface area is 132 Å². The van der Waals surface area contributed by atoms with Crippen LogP contribution in [0.15, 0.2) is 12.1 Å². The summed E-state index contributed by atoms with van der Waals surface area (Å²) in [5.41, 5.74) is 1.49. The van der Waals surface area contributed by atoms with Crippen molar-refractivity contribution in [1.82, 2.24) is 0 Å². The van der Waals surface area contributed by atoms with E-state index in [-0.39, 0.29) is 11.1 Å². The van der Waals surface area contributed by atoms with E-state index in [0.717, 1.165) is 24.8 Å². The fourth-order valence-corrected chi connectivity index (χ4v) is 2.76. The molecule has 0 radical (unpaired) electrons. The Balaban J connectivity index is 2.97. The first-order chi connectivity index (χ1) is 10.4. The number of aromatic carboxylic acids is 2. The zero-order chi connectivity index (χ0) is 16.7. The maximum Gasteiger partial charge on any atom is 0.336 e. The molecule has 0 saturated carbocycles. The summed E-state index contributed by atoms with van der Waals surface area (Å²) in [6, 6.07) is 3.16. The second-order valence-electron chi connectivity index (χ2n) is 6.08. The SMILES string of the molecule is CCc1ccc(C(=O)O)c(C(=O)O)c1CCCCCC(C)C. The van der Waals surface area contributed by atoms with Gasteiger partial charge in [-0.2, -0.15) is 0 Å². The summed E-state index contributed by atoms with van der Waals surface area (Å²) in [6.07, 6.45) is 5.56. The Hall–Kier alpha value is -1.84. The van der Waals surface area contributed by atoms with Gasteiger partial charge >= 0.3 is 11.9 Å². The fraction of sp³-hybridized carbons (Fsp3) is 0.556. The minimum absolute atomic E-state index is 0.0318. The molecule has 0 aromatic heterocycles. The first kappa shape index (κ1) is 18.2. The van der Waals surface area contributed by atoms with Crippen LogP contribution in [-0.4, -0.2) is 22.2 Å². The molecule has 0 aliphatic heterocycles. The second-order valence-corrected chi connectivity index (χ2v) is 6.08. The van der Waals surface area contributed by atoms with Gasteiger partial charge in [-0.05, 0) is 42.4 Å². The van der Waals surface area contributed by atoms with Crippen molar-refractivity contribution < 1.29 is 19.8 Å². The molecular formula is C18H26O4. The summed E-state index contributed by atoms with van der Waals surface area (Å²) in [6.45, 7) is 6.34. The van der Waals surface area contributed by atoms with Gasteiger partial charge in [0.1, 0.15) is 0 Å². The lowest BCUT2D eigenvalue weighted by Gasteiger charge is -2.14. The number of carboxylic acid groups (broad SMARTS) is 2. The van der Waals surface area contributed by atoms with Crippen LogP contribution in [0.3, 0.4) is 0 Å². The molecule has 0 bridgehead atoms. The van der Waals surface area contributed by atoms with E-state index in [0.29, 0.717) is 24.3 Å². The van der Waals surface area contributed by atoms with Crippen molar-refractivity contribution in [2.75, 3.05) is 0 Å². The minimum atomic E-state index is -1.18. The highest BCUT2D eigenvalue weighted by molar-refractivity contribution is 6.03. The standard InChI is InChI=1S/C18H26O4/c1-4-13-10-11-15(17(19)20)16(18(21)22)14(13)9-7-5-6-8-12(2)3/h10-12H,4-9H2,1-3H3,(H,19,20)(H,21,22). The van der Waals surface area contributed by atoms with Crippen LogP contribution in [0, 0.1) is 5.92 Å². The number of carboxylic acids is 2. The van der Waals surface area contributed by atoms with Gasteiger partial charge in [-0.1, -0.05) is 46.1 Å². The van der Waals surface area contributed by atoms with Crippen molar-refractivity contribution in [1.29, 1.82) is 0 Å². The third-order valence-corrected chi connectivity index (χ3v) is 3.94. The summed E-state index contributed by atoms with van der Waals surface area (Å²) in [5, 5.41) is 18.6. The van der Waals surface area contributed by atoms with Crippen molar-refractivity contribution in [2.24, 2.45) is 5.92 Å². The van der Waals surface area contributed by atoms with E-state index in [4.69, 9.17) is 0 Å². The van der Waals surface area contributed by atoms with Crippen LogP contribution in [0.25, 0.3) is 0 Å². The number of unbranched alkanes of at least 4 members (excludes halogenated alkanes) is 2. The molecule has 0 aliphatic rings.